The smallest absolute Gasteiger partial charge is 0.266 e. The summed E-state index contributed by atoms with van der Waals surface area (Å²) in [4.78, 5) is 21.1. The summed E-state index contributed by atoms with van der Waals surface area (Å²) in [6.45, 7) is 0.0683. The maximum absolute atomic E-state index is 14.6. The lowest BCUT2D eigenvalue weighted by Gasteiger charge is -2.15. The first-order valence-corrected chi connectivity index (χ1v) is 9.01. The number of pyridine rings is 1. The van der Waals surface area contributed by atoms with Crippen LogP contribution in [0, 0.1) is 5.82 Å². The van der Waals surface area contributed by atoms with Gasteiger partial charge in [0.15, 0.2) is 0 Å². The Morgan fingerprint density at radius 1 is 1.42 bits per heavy atom. The van der Waals surface area contributed by atoms with Crippen LogP contribution in [0.1, 0.15) is 29.9 Å². The van der Waals surface area contributed by atoms with Crippen molar-refractivity contribution in [2.45, 2.75) is 25.3 Å². The van der Waals surface area contributed by atoms with Crippen LogP contribution in [0.5, 0.6) is 0 Å². The number of rotatable bonds is 4. The second kappa shape index (κ2) is 6.44. The van der Waals surface area contributed by atoms with Crippen LogP contribution in [0.15, 0.2) is 39.7 Å². The van der Waals surface area contributed by atoms with E-state index in [4.69, 9.17) is 0 Å². The molecule has 8 heteroatoms. The number of hydrogen-bond acceptors (Lipinski definition) is 5. The van der Waals surface area contributed by atoms with Crippen molar-refractivity contribution in [3.63, 3.8) is 0 Å². The fourth-order valence-electron chi connectivity index (χ4n) is 3.09. The molecule has 26 heavy (non-hydrogen) atoms. The van der Waals surface area contributed by atoms with Gasteiger partial charge >= 0.3 is 0 Å². The third kappa shape index (κ3) is 2.99. The Labute approximate surface area is 157 Å². The minimum Gasteiger partial charge on any atom is -0.287 e. The molecule has 2 heterocycles. The number of hydroxylamine groups is 1. The number of benzene rings is 1. The predicted octanol–water partition coefficient (Wildman–Crippen LogP) is 3.44. The van der Waals surface area contributed by atoms with Gasteiger partial charge in [-0.05, 0) is 52.4 Å². The van der Waals surface area contributed by atoms with Crippen molar-refractivity contribution in [2.24, 2.45) is 0 Å². The van der Waals surface area contributed by atoms with Crippen molar-refractivity contribution in [1.82, 2.24) is 14.5 Å². The minimum atomic E-state index is -0.331. The average molecular weight is 419 g/mol. The highest BCUT2D eigenvalue weighted by atomic mass is 79.9. The number of fused-ring (bicyclic) bond motifs is 1. The number of aromatic nitrogens is 3. The molecule has 0 radical (unpaired) electrons. The third-order valence-corrected chi connectivity index (χ3v) is 5.12. The van der Waals surface area contributed by atoms with Crippen molar-refractivity contribution >= 4 is 32.9 Å². The lowest BCUT2D eigenvalue weighted by Crippen LogP contribution is -2.24. The molecule has 1 saturated carbocycles. The maximum atomic E-state index is 14.6. The first kappa shape index (κ1) is 17.1. The molecule has 4 rings (SSSR count). The van der Waals surface area contributed by atoms with Gasteiger partial charge in [0.25, 0.3) is 11.5 Å². The summed E-state index contributed by atoms with van der Waals surface area (Å²) in [5, 5.41) is 11.0. The van der Waals surface area contributed by atoms with Crippen LogP contribution in [0.3, 0.4) is 0 Å². The summed E-state index contributed by atoms with van der Waals surface area (Å²) >= 11 is 3.26. The van der Waals surface area contributed by atoms with E-state index in [1.807, 2.05) is 6.07 Å². The van der Waals surface area contributed by atoms with E-state index in [9.17, 15) is 14.4 Å². The fourth-order valence-corrected chi connectivity index (χ4v) is 3.55. The van der Waals surface area contributed by atoms with Crippen LogP contribution < -0.4 is 10.6 Å². The highest BCUT2D eigenvalue weighted by Crippen LogP contribution is 2.42. The summed E-state index contributed by atoms with van der Waals surface area (Å²) in [5.41, 5.74) is 1.48. The van der Waals surface area contributed by atoms with Gasteiger partial charge in [0, 0.05) is 24.2 Å². The molecule has 1 fully saturated rings. The summed E-state index contributed by atoms with van der Waals surface area (Å²) in [7, 11) is 1.39. The molecule has 2 aromatic heterocycles. The van der Waals surface area contributed by atoms with Gasteiger partial charge in [-0.2, -0.15) is 4.98 Å². The van der Waals surface area contributed by atoms with Crippen LogP contribution in [-0.4, -0.2) is 26.8 Å². The molecule has 3 aromatic rings. The summed E-state index contributed by atoms with van der Waals surface area (Å²) in [6.07, 6.45) is 3.59. The van der Waals surface area contributed by atoms with E-state index >= 15 is 0 Å². The molecule has 0 amide bonds. The van der Waals surface area contributed by atoms with Crippen molar-refractivity contribution in [3.8, 4) is 0 Å². The Morgan fingerprint density at radius 3 is 2.88 bits per heavy atom. The topological polar surface area (TPSA) is 71.2 Å². The van der Waals surface area contributed by atoms with E-state index in [0.29, 0.717) is 27.0 Å². The largest absolute Gasteiger partial charge is 0.287 e. The van der Waals surface area contributed by atoms with Crippen molar-refractivity contribution in [1.29, 1.82) is 0 Å². The van der Waals surface area contributed by atoms with Gasteiger partial charge < -0.3 is 0 Å². The van der Waals surface area contributed by atoms with Crippen molar-refractivity contribution < 1.29 is 9.60 Å². The standard InChI is InChI=1S/C18H16BrFN4O2/c1-23(26)18-21-8-11-7-14(19)17(25)24(16(11)22-18)9-13-12(10-5-6-10)3-2-4-15(13)20/h2-4,7-8,10,26H,5-6,9H2,1H3. The lowest BCUT2D eigenvalue weighted by molar-refractivity contribution is 0.272. The first-order chi connectivity index (χ1) is 12.5. The van der Waals surface area contributed by atoms with Gasteiger partial charge in [-0.3, -0.25) is 14.6 Å². The van der Waals surface area contributed by atoms with Crippen molar-refractivity contribution in [2.75, 3.05) is 12.1 Å². The molecule has 1 aliphatic carbocycles. The molecular weight excluding hydrogens is 403 g/mol. The zero-order chi connectivity index (χ0) is 18.4. The predicted molar refractivity (Wildman–Crippen MR) is 99.2 cm³/mol. The minimum absolute atomic E-state index is 0.0592. The molecule has 1 aliphatic rings. The third-order valence-electron chi connectivity index (χ3n) is 4.55. The van der Waals surface area contributed by atoms with Gasteiger partial charge in [-0.25, -0.2) is 14.4 Å². The second-order valence-corrected chi connectivity index (χ2v) is 7.29. The van der Waals surface area contributed by atoms with Gasteiger partial charge in [0.05, 0.1) is 11.0 Å². The van der Waals surface area contributed by atoms with Crippen LogP contribution in [0.25, 0.3) is 11.0 Å². The first-order valence-electron chi connectivity index (χ1n) is 8.21. The van der Waals surface area contributed by atoms with Gasteiger partial charge in [0.1, 0.15) is 11.5 Å². The molecular formula is C18H16BrFN4O2. The lowest BCUT2D eigenvalue weighted by atomic mass is 10.0. The second-order valence-electron chi connectivity index (χ2n) is 6.44. The zero-order valence-corrected chi connectivity index (χ0v) is 15.6. The Hall–Kier alpha value is -2.32. The highest BCUT2D eigenvalue weighted by Gasteiger charge is 2.27. The Balaban J connectivity index is 1.93. The van der Waals surface area contributed by atoms with Crippen LogP contribution in [0.4, 0.5) is 10.3 Å². The molecule has 6 nitrogen and oxygen atoms in total. The number of nitrogens with zero attached hydrogens (tertiary/aromatic N) is 4. The fraction of sp³-hybridized carbons (Fsp3) is 0.278. The van der Waals surface area contributed by atoms with Crippen LogP contribution in [-0.2, 0) is 6.54 Å². The van der Waals surface area contributed by atoms with E-state index in [-0.39, 0.29) is 23.9 Å². The highest BCUT2D eigenvalue weighted by molar-refractivity contribution is 9.10. The van der Waals surface area contributed by atoms with Crippen LogP contribution >= 0.6 is 15.9 Å². The molecule has 1 N–H and O–H groups in total. The van der Waals surface area contributed by atoms with E-state index in [0.717, 1.165) is 23.5 Å². The van der Waals surface area contributed by atoms with Gasteiger partial charge in [-0.15, -0.1) is 0 Å². The van der Waals surface area contributed by atoms with E-state index in [1.54, 1.807) is 12.1 Å². The van der Waals surface area contributed by atoms with Gasteiger partial charge in [0.2, 0.25) is 0 Å². The van der Waals surface area contributed by atoms with Crippen molar-refractivity contribution in [3.05, 3.63) is 62.2 Å². The molecule has 0 aliphatic heterocycles. The Morgan fingerprint density at radius 2 is 2.19 bits per heavy atom. The molecule has 0 bridgehead atoms. The average Bonchev–Trinajstić information content (AvgIpc) is 3.44. The summed E-state index contributed by atoms with van der Waals surface area (Å²) in [6, 6.07) is 6.66. The Bertz CT molecular complexity index is 1060. The Kier molecular flexibility index (Phi) is 4.24. The van der Waals surface area contributed by atoms with E-state index < -0.39 is 0 Å². The van der Waals surface area contributed by atoms with E-state index in [1.165, 1.54) is 23.9 Å². The molecule has 0 atom stereocenters. The molecule has 134 valence electrons. The van der Waals surface area contributed by atoms with E-state index in [2.05, 4.69) is 25.9 Å². The SMILES string of the molecule is CN(O)c1ncc2cc(Br)c(=O)n(Cc3c(F)cccc3C3CC3)c2n1. The maximum Gasteiger partial charge on any atom is 0.266 e. The van der Waals surface area contributed by atoms with Gasteiger partial charge in [-0.1, -0.05) is 12.1 Å². The summed E-state index contributed by atoms with van der Waals surface area (Å²) in [5.74, 6) is 0.0792. The number of hydrogen-bond donors (Lipinski definition) is 1. The normalized spacial score (nSPS) is 14.0. The molecule has 0 saturated heterocycles. The number of anilines is 1. The number of halogens is 2. The monoisotopic (exact) mass is 418 g/mol. The molecule has 0 spiro atoms. The van der Waals surface area contributed by atoms with Crippen LogP contribution in [0.2, 0.25) is 0 Å². The molecule has 1 aromatic carbocycles. The quantitative estimate of drug-likeness (QED) is 0.657. The molecule has 0 unspecified atom stereocenters. The zero-order valence-electron chi connectivity index (χ0n) is 14.0. The summed E-state index contributed by atoms with van der Waals surface area (Å²) < 4.78 is 16.3.